The number of ether oxygens (including phenoxy) is 1. The molecule has 26 heavy (non-hydrogen) atoms. The van der Waals surface area contributed by atoms with Gasteiger partial charge < -0.3 is 19.9 Å². The summed E-state index contributed by atoms with van der Waals surface area (Å²) >= 11 is 1.55. The van der Waals surface area contributed by atoms with Crippen LogP contribution in [0.1, 0.15) is 49.4 Å². The van der Waals surface area contributed by atoms with E-state index in [0.717, 1.165) is 50.9 Å². The standard InChI is InChI=1S/C19H29N3O3S/c1-2-8-20-19(24)22(17-5-11-25-12-6-17)16-3-9-21(10-4-16)18(23)15-7-13-26-14-15/h7,13-14,16-17H,2-6,8-12H2,1H3,(H,20,24). The van der Waals surface area contributed by atoms with Crippen LogP contribution in [0.25, 0.3) is 0 Å². The number of thiophene rings is 1. The highest BCUT2D eigenvalue weighted by atomic mass is 32.1. The summed E-state index contributed by atoms with van der Waals surface area (Å²) in [5.74, 6) is 0.109. The maximum absolute atomic E-state index is 12.8. The van der Waals surface area contributed by atoms with Crippen molar-refractivity contribution in [1.82, 2.24) is 15.1 Å². The van der Waals surface area contributed by atoms with Gasteiger partial charge in [0.25, 0.3) is 5.91 Å². The predicted octanol–water partition coefficient (Wildman–Crippen LogP) is 2.95. The first-order valence-electron chi connectivity index (χ1n) is 9.66. The van der Waals surface area contributed by atoms with Crippen LogP contribution >= 0.6 is 11.3 Å². The van der Waals surface area contributed by atoms with Crippen LogP contribution in [-0.4, -0.2) is 66.7 Å². The third kappa shape index (κ3) is 4.57. The number of rotatable bonds is 5. The van der Waals surface area contributed by atoms with E-state index >= 15 is 0 Å². The Labute approximate surface area is 159 Å². The minimum atomic E-state index is 0.0429. The summed E-state index contributed by atoms with van der Waals surface area (Å²) in [6.45, 7) is 5.62. The Morgan fingerprint density at radius 2 is 1.92 bits per heavy atom. The Hall–Kier alpha value is -1.60. The zero-order valence-corrected chi connectivity index (χ0v) is 16.3. The smallest absolute Gasteiger partial charge is 0.317 e. The minimum absolute atomic E-state index is 0.0429. The number of carbonyl (C=O) groups is 2. The van der Waals surface area contributed by atoms with Crippen LogP contribution in [0.4, 0.5) is 4.79 Å². The number of hydrogen-bond acceptors (Lipinski definition) is 4. The van der Waals surface area contributed by atoms with E-state index in [4.69, 9.17) is 4.74 Å². The van der Waals surface area contributed by atoms with Gasteiger partial charge in [-0.2, -0.15) is 11.3 Å². The molecule has 1 aromatic rings. The lowest BCUT2D eigenvalue weighted by Gasteiger charge is -2.43. The van der Waals surface area contributed by atoms with Crippen molar-refractivity contribution < 1.29 is 14.3 Å². The molecule has 3 rings (SSSR count). The Balaban J connectivity index is 1.62. The topological polar surface area (TPSA) is 61.9 Å². The van der Waals surface area contributed by atoms with Gasteiger partial charge in [-0.1, -0.05) is 6.92 Å². The molecule has 3 amide bonds. The lowest BCUT2D eigenvalue weighted by molar-refractivity contribution is 0.0209. The normalized spacial score (nSPS) is 19.3. The molecular formula is C19H29N3O3S. The molecule has 0 spiro atoms. The van der Waals surface area contributed by atoms with Crippen LogP contribution in [0.2, 0.25) is 0 Å². The second kappa shape index (κ2) is 9.37. The van der Waals surface area contributed by atoms with Gasteiger partial charge in [-0.3, -0.25) is 4.79 Å². The van der Waals surface area contributed by atoms with Gasteiger partial charge in [-0.15, -0.1) is 0 Å². The van der Waals surface area contributed by atoms with E-state index in [0.29, 0.717) is 19.6 Å². The molecule has 0 unspecified atom stereocenters. The van der Waals surface area contributed by atoms with Gasteiger partial charge >= 0.3 is 6.03 Å². The van der Waals surface area contributed by atoms with Crippen molar-refractivity contribution in [1.29, 1.82) is 0 Å². The monoisotopic (exact) mass is 379 g/mol. The van der Waals surface area contributed by atoms with Gasteiger partial charge in [0.05, 0.1) is 5.56 Å². The molecule has 0 aliphatic carbocycles. The van der Waals surface area contributed by atoms with Crippen molar-refractivity contribution >= 4 is 23.3 Å². The van der Waals surface area contributed by atoms with Crippen LogP contribution in [0.15, 0.2) is 16.8 Å². The number of amides is 3. The summed E-state index contributed by atoms with van der Waals surface area (Å²) in [5.41, 5.74) is 0.774. The van der Waals surface area contributed by atoms with E-state index in [1.807, 2.05) is 21.7 Å². The number of urea groups is 1. The van der Waals surface area contributed by atoms with E-state index in [1.54, 1.807) is 11.3 Å². The van der Waals surface area contributed by atoms with E-state index in [1.165, 1.54) is 0 Å². The van der Waals surface area contributed by atoms with Crippen LogP contribution in [0.3, 0.4) is 0 Å². The summed E-state index contributed by atoms with van der Waals surface area (Å²) in [6, 6.07) is 2.36. The Morgan fingerprint density at radius 3 is 2.54 bits per heavy atom. The molecule has 7 heteroatoms. The maximum atomic E-state index is 12.8. The van der Waals surface area contributed by atoms with E-state index in [-0.39, 0.29) is 24.0 Å². The fourth-order valence-electron chi connectivity index (χ4n) is 3.83. The average molecular weight is 380 g/mol. The third-order valence-corrected chi connectivity index (χ3v) is 5.94. The van der Waals surface area contributed by atoms with Gasteiger partial charge in [0.2, 0.25) is 0 Å². The Morgan fingerprint density at radius 1 is 1.23 bits per heavy atom. The summed E-state index contributed by atoms with van der Waals surface area (Å²) in [4.78, 5) is 29.3. The van der Waals surface area contributed by atoms with Gasteiger partial charge in [0.1, 0.15) is 0 Å². The Bertz CT molecular complexity index is 579. The van der Waals surface area contributed by atoms with Crippen molar-refractivity contribution in [3.8, 4) is 0 Å². The van der Waals surface area contributed by atoms with Gasteiger partial charge in [0.15, 0.2) is 0 Å². The fourth-order valence-corrected chi connectivity index (χ4v) is 4.46. The number of nitrogens with zero attached hydrogens (tertiary/aromatic N) is 2. The van der Waals surface area contributed by atoms with E-state index < -0.39 is 0 Å². The van der Waals surface area contributed by atoms with Gasteiger partial charge in [-0.25, -0.2) is 4.79 Å². The highest BCUT2D eigenvalue weighted by Gasteiger charge is 2.35. The molecule has 0 bridgehead atoms. The second-order valence-corrected chi connectivity index (χ2v) is 7.80. The number of likely N-dealkylation sites (tertiary alicyclic amines) is 1. The molecule has 3 heterocycles. The van der Waals surface area contributed by atoms with E-state index in [9.17, 15) is 9.59 Å². The molecule has 2 fully saturated rings. The van der Waals surface area contributed by atoms with Gasteiger partial charge in [0, 0.05) is 50.3 Å². The zero-order chi connectivity index (χ0) is 18.4. The third-order valence-electron chi connectivity index (χ3n) is 5.26. The van der Waals surface area contributed by atoms with Crippen molar-refractivity contribution in [2.24, 2.45) is 0 Å². The second-order valence-electron chi connectivity index (χ2n) is 7.02. The van der Waals surface area contributed by atoms with Crippen molar-refractivity contribution in [2.75, 3.05) is 32.8 Å². The average Bonchev–Trinajstić information content (AvgIpc) is 3.22. The number of nitrogens with one attached hydrogen (secondary N) is 1. The number of carbonyl (C=O) groups excluding carboxylic acids is 2. The first-order valence-corrected chi connectivity index (χ1v) is 10.6. The molecule has 6 nitrogen and oxygen atoms in total. The lowest BCUT2D eigenvalue weighted by atomic mass is 9.98. The maximum Gasteiger partial charge on any atom is 0.317 e. The molecule has 1 aromatic heterocycles. The summed E-state index contributed by atoms with van der Waals surface area (Å²) in [5, 5.41) is 6.89. The Kier molecular flexibility index (Phi) is 6.91. The lowest BCUT2D eigenvalue weighted by Crippen LogP contribution is -2.56. The molecule has 144 valence electrons. The quantitative estimate of drug-likeness (QED) is 0.856. The predicted molar refractivity (Wildman–Crippen MR) is 103 cm³/mol. The molecule has 0 aromatic carbocycles. The minimum Gasteiger partial charge on any atom is -0.381 e. The van der Waals surface area contributed by atoms with Crippen molar-refractivity contribution in [3.05, 3.63) is 22.4 Å². The molecule has 2 saturated heterocycles. The summed E-state index contributed by atoms with van der Waals surface area (Å²) < 4.78 is 5.48. The zero-order valence-electron chi connectivity index (χ0n) is 15.5. The first kappa shape index (κ1) is 19.2. The van der Waals surface area contributed by atoms with E-state index in [2.05, 4.69) is 17.1 Å². The molecule has 1 N–H and O–H groups in total. The van der Waals surface area contributed by atoms with Crippen LogP contribution in [0.5, 0.6) is 0 Å². The summed E-state index contributed by atoms with van der Waals surface area (Å²) in [6.07, 6.45) is 4.40. The molecule has 0 atom stereocenters. The highest BCUT2D eigenvalue weighted by Crippen LogP contribution is 2.25. The first-order chi connectivity index (χ1) is 12.7. The molecular weight excluding hydrogens is 350 g/mol. The SMILES string of the molecule is CCCNC(=O)N(C1CCOCC1)C1CCN(C(=O)c2ccsc2)CC1. The molecule has 2 aliphatic heterocycles. The van der Waals surface area contributed by atoms with Crippen LogP contribution < -0.4 is 5.32 Å². The largest absolute Gasteiger partial charge is 0.381 e. The highest BCUT2D eigenvalue weighted by molar-refractivity contribution is 7.08. The molecule has 0 radical (unpaired) electrons. The number of piperidine rings is 1. The molecule has 0 saturated carbocycles. The molecule has 2 aliphatic rings. The number of hydrogen-bond donors (Lipinski definition) is 1. The van der Waals surface area contributed by atoms with Crippen LogP contribution in [0, 0.1) is 0 Å². The van der Waals surface area contributed by atoms with Gasteiger partial charge in [-0.05, 0) is 43.6 Å². The fraction of sp³-hybridized carbons (Fsp3) is 0.684. The van der Waals surface area contributed by atoms with Crippen molar-refractivity contribution in [2.45, 2.75) is 51.1 Å². The van der Waals surface area contributed by atoms with Crippen molar-refractivity contribution in [3.63, 3.8) is 0 Å². The van der Waals surface area contributed by atoms with Crippen LogP contribution in [-0.2, 0) is 4.74 Å². The summed E-state index contributed by atoms with van der Waals surface area (Å²) in [7, 11) is 0.